The van der Waals surface area contributed by atoms with Crippen molar-refractivity contribution in [1.29, 1.82) is 0 Å². The summed E-state index contributed by atoms with van der Waals surface area (Å²) < 4.78 is 0. The standard InChI is InChI=1S/C10H13N3O2/c1-6-5-11-7(2)8(12-6)13-10(3-4-10)9(14)15/h5H,3-4H2,1-2H3,(H,12,13)(H,14,15). The SMILES string of the molecule is Cc1cnc(C)c(NC2(C(=O)O)CC2)n1. The molecule has 0 spiro atoms. The molecule has 0 aromatic carbocycles. The number of aliphatic carboxylic acids is 1. The molecule has 1 heterocycles. The van der Waals surface area contributed by atoms with Crippen molar-refractivity contribution in [3.8, 4) is 0 Å². The summed E-state index contributed by atoms with van der Waals surface area (Å²) in [5.41, 5.74) is 0.713. The second-order valence-corrected chi connectivity index (χ2v) is 3.96. The van der Waals surface area contributed by atoms with Crippen LogP contribution in [0.4, 0.5) is 5.82 Å². The monoisotopic (exact) mass is 207 g/mol. The maximum absolute atomic E-state index is 11.0. The molecule has 0 bridgehead atoms. The molecule has 1 aromatic heterocycles. The number of aromatic nitrogens is 2. The summed E-state index contributed by atoms with van der Waals surface area (Å²) in [5.74, 6) is -0.236. The van der Waals surface area contributed by atoms with Gasteiger partial charge in [-0.2, -0.15) is 0 Å². The Labute approximate surface area is 87.6 Å². The van der Waals surface area contributed by atoms with Gasteiger partial charge >= 0.3 is 5.97 Å². The number of carboxylic acid groups (broad SMARTS) is 1. The van der Waals surface area contributed by atoms with Gasteiger partial charge in [0.25, 0.3) is 0 Å². The van der Waals surface area contributed by atoms with Gasteiger partial charge < -0.3 is 10.4 Å². The van der Waals surface area contributed by atoms with E-state index in [1.807, 2.05) is 13.8 Å². The Kier molecular flexibility index (Phi) is 2.10. The normalized spacial score (nSPS) is 17.2. The molecule has 0 atom stereocenters. The topological polar surface area (TPSA) is 75.1 Å². The van der Waals surface area contributed by atoms with Crippen molar-refractivity contribution in [3.05, 3.63) is 17.6 Å². The van der Waals surface area contributed by atoms with Gasteiger partial charge in [0.05, 0.1) is 11.4 Å². The molecule has 80 valence electrons. The molecule has 0 saturated heterocycles. The molecule has 0 amide bonds. The molecule has 1 fully saturated rings. The predicted octanol–water partition coefficient (Wildman–Crippen LogP) is 1.12. The van der Waals surface area contributed by atoms with Crippen LogP contribution in [0.15, 0.2) is 6.20 Å². The number of carbonyl (C=O) groups is 1. The molecule has 1 saturated carbocycles. The van der Waals surface area contributed by atoms with E-state index < -0.39 is 11.5 Å². The first-order valence-electron chi connectivity index (χ1n) is 4.85. The van der Waals surface area contributed by atoms with Crippen LogP contribution in [0.3, 0.4) is 0 Å². The lowest BCUT2D eigenvalue weighted by Gasteiger charge is -2.14. The van der Waals surface area contributed by atoms with Crippen molar-refractivity contribution < 1.29 is 9.90 Å². The molecule has 0 unspecified atom stereocenters. The third-order valence-electron chi connectivity index (χ3n) is 2.59. The molecular formula is C10H13N3O2. The first kappa shape index (κ1) is 9.89. The van der Waals surface area contributed by atoms with E-state index >= 15 is 0 Å². The number of aryl methyl sites for hydroxylation is 2. The Hall–Kier alpha value is -1.65. The highest BCUT2D eigenvalue weighted by Crippen LogP contribution is 2.39. The summed E-state index contributed by atoms with van der Waals surface area (Å²) in [6.07, 6.45) is 2.97. The average molecular weight is 207 g/mol. The number of nitrogens with one attached hydrogen (secondary N) is 1. The van der Waals surface area contributed by atoms with Gasteiger partial charge in [0.15, 0.2) is 0 Å². The Morgan fingerprint density at radius 2 is 2.20 bits per heavy atom. The highest BCUT2D eigenvalue weighted by molar-refractivity contribution is 5.86. The van der Waals surface area contributed by atoms with Gasteiger partial charge in [0, 0.05) is 6.20 Å². The van der Waals surface area contributed by atoms with Gasteiger partial charge in [-0.25, -0.2) is 9.78 Å². The van der Waals surface area contributed by atoms with E-state index in [9.17, 15) is 4.79 Å². The fraction of sp³-hybridized carbons (Fsp3) is 0.500. The number of nitrogens with zero attached hydrogens (tertiary/aromatic N) is 2. The van der Waals surface area contributed by atoms with Gasteiger partial charge in [0.2, 0.25) is 0 Å². The Morgan fingerprint density at radius 1 is 1.53 bits per heavy atom. The first-order chi connectivity index (χ1) is 7.03. The van der Waals surface area contributed by atoms with Gasteiger partial charge in [-0.15, -0.1) is 0 Å². The second-order valence-electron chi connectivity index (χ2n) is 3.96. The summed E-state index contributed by atoms with van der Waals surface area (Å²) in [7, 11) is 0. The molecule has 15 heavy (non-hydrogen) atoms. The minimum atomic E-state index is -0.815. The van der Waals surface area contributed by atoms with Crippen molar-refractivity contribution >= 4 is 11.8 Å². The minimum Gasteiger partial charge on any atom is -0.480 e. The molecule has 1 aliphatic carbocycles. The van der Waals surface area contributed by atoms with Crippen LogP contribution in [-0.4, -0.2) is 26.6 Å². The lowest BCUT2D eigenvalue weighted by Crippen LogP contribution is -2.32. The van der Waals surface area contributed by atoms with Crippen LogP contribution in [0.1, 0.15) is 24.2 Å². The van der Waals surface area contributed by atoms with E-state index in [0.717, 1.165) is 11.4 Å². The van der Waals surface area contributed by atoms with Crippen LogP contribution in [-0.2, 0) is 4.79 Å². The first-order valence-corrected chi connectivity index (χ1v) is 4.85. The van der Waals surface area contributed by atoms with Crippen molar-refractivity contribution in [2.75, 3.05) is 5.32 Å². The molecule has 0 aliphatic heterocycles. The average Bonchev–Trinajstić information content (AvgIpc) is 2.92. The lowest BCUT2D eigenvalue weighted by molar-refractivity contribution is -0.138. The zero-order chi connectivity index (χ0) is 11.1. The van der Waals surface area contributed by atoms with Crippen LogP contribution >= 0.6 is 0 Å². The quantitative estimate of drug-likeness (QED) is 0.776. The fourth-order valence-electron chi connectivity index (χ4n) is 1.40. The van der Waals surface area contributed by atoms with Gasteiger partial charge in [-0.05, 0) is 26.7 Å². The Bertz CT molecular complexity index is 413. The van der Waals surface area contributed by atoms with Crippen molar-refractivity contribution in [3.63, 3.8) is 0 Å². The van der Waals surface area contributed by atoms with Gasteiger partial charge in [0.1, 0.15) is 11.4 Å². The van der Waals surface area contributed by atoms with E-state index in [2.05, 4.69) is 15.3 Å². The summed E-state index contributed by atoms with van der Waals surface area (Å²) in [4.78, 5) is 19.3. The minimum absolute atomic E-state index is 0.579. The van der Waals surface area contributed by atoms with E-state index in [0.29, 0.717) is 18.7 Å². The van der Waals surface area contributed by atoms with Gasteiger partial charge in [-0.1, -0.05) is 0 Å². The van der Waals surface area contributed by atoms with Crippen molar-refractivity contribution in [2.45, 2.75) is 32.2 Å². The van der Waals surface area contributed by atoms with Crippen LogP contribution < -0.4 is 5.32 Å². The molecular weight excluding hydrogens is 194 g/mol. The summed E-state index contributed by atoms with van der Waals surface area (Å²) in [6.45, 7) is 3.64. The molecule has 0 radical (unpaired) electrons. The number of hydrogen-bond donors (Lipinski definition) is 2. The third kappa shape index (κ3) is 1.77. The maximum Gasteiger partial charge on any atom is 0.329 e. The molecule has 1 aromatic rings. The number of carboxylic acids is 1. The van der Waals surface area contributed by atoms with E-state index in [4.69, 9.17) is 5.11 Å². The van der Waals surface area contributed by atoms with Crippen LogP contribution in [0.25, 0.3) is 0 Å². The number of rotatable bonds is 3. The van der Waals surface area contributed by atoms with Crippen LogP contribution in [0.2, 0.25) is 0 Å². The summed E-state index contributed by atoms with van der Waals surface area (Å²) >= 11 is 0. The van der Waals surface area contributed by atoms with E-state index in [1.54, 1.807) is 6.20 Å². The molecule has 1 aliphatic rings. The zero-order valence-electron chi connectivity index (χ0n) is 8.74. The Morgan fingerprint density at radius 3 is 2.73 bits per heavy atom. The predicted molar refractivity (Wildman–Crippen MR) is 54.7 cm³/mol. The van der Waals surface area contributed by atoms with Crippen molar-refractivity contribution in [2.24, 2.45) is 0 Å². The van der Waals surface area contributed by atoms with Crippen LogP contribution in [0.5, 0.6) is 0 Å². The highest BCUT2D eigenvalue weighted by atomic mass is 16.4. The zero-order valence-corrected chi connectivity index (χ0v) is 8.74. The fourth-order valence-corrected chi connectivity index (χ4v) is 1.40. The highest BCUT2D eigenvalue weighted by Gasteiger charge is 2.51. The molecule has 5 nitrogen and oxygen atoms in total. The second kappa shape index (κ2) is 3.18. The molecule has 2 N–H and O–H groups in total. The summed E-state index contributed by atoms with van der Waals surface area (Å²) in [6, 6.07) is 0. The largest absolute Gasteiger partial charge is 0.480 e. The van der Waals surface area contributed by atoms with E-state index in [-0.39, 0.29) is 0 Å². The Balaban J connectivity index is 2.24. The summed E-state index contributed by atoms with van der Waals surface area (Å²) in [5, 5.41) is 12.0. The molecule has 2 rings (SSSR count). The van der Waals surface area contributed by atoms with Crippen molar-refractivity contribution in [1.82, 2.24) is 9.97 Å². The third-order valence-corrected chi connectivity index (χ3v) is 2.59. The number of hydrogen-bond acceptors (Lipinski definition) is 4. The lowest BCUT2D eigenvalue weighted by atomic mass is 10.2. The molecule has 5 heteroatoms. The number of anilines is 1. The van der Waals surface area contributed by atoms with Gasteiger partial charge in [-0.3, -0.25) is 4.98 Å². The maximum atomic E-state index is 11.0. The van der Waals surface area contributed by atoms with Crippen LogP contribution in [0, 0.1) is 13.8 Å². The smallest absolute Gasteiger partial charge is 0.329 e. The van der Waals surface area contributed by atoms with E-state index in [1.165, 1.54) is 0 Å².